The summed E-state index contributed by atoms with van der Waals surface area (Å²) in [5, 5.41) is 7.63. The van der Waals surface area contributed by atoms with Crippen molar-refractivity contribution in [2.24, 2.45) is 11.1 Å². The van der Waals surface area contributed by atoms with E-state index in [1.165, 1.54) is 6.26 Å². The van der Waals surface area contributed by atoms with Crippen molar-refractivity contribution in [2.45, 2.75) is 57.2 Å². The number of nitrogens with one attached hydrogen (secondary N) is 2. The first-order chi connectivity index (χ1) is 16.2. The van der Waals surface area contributed by atoms with Crippen LogP contribution in [0, 0.1) is 5.41 Å². The van der Waals surface area contributed by atoms with Crippen LogP contribution in [0.5, 0.6) is 0 Å². The van der Waals surface area contributed by atoms with Gasteiger partial charge in [-0.05, 0) is 53.6 Å². The fourth-order valence-corrected chi connectivity index (χ4v) is 5.95. The van der Waals surface area contributed by atoms with Crippen molar-refractivity contribution in [2.75, 3.05) is 18.6 Å². The lowest BCUT2D eigenvalue weighted by molar-refractivity contribution is -0.123. The van der Waals surface area contributed by atoms with Crippen LogP contribution in [-0.2, 0) is 20.2 Å². The van der Waals surface area contributed by atoms with Gasteiger partial charge in [-0.1, -0.05) is 68.2 Å². The van der Waals surface area contributed by atoms with Gasteiger partial charge in [0.1, 0.15) is 9.84 Å². The van der Waals surface area contributed by atoms with Crippen molar-refractivity contribution < 1.29 is 13.2 Å². The lowest BCUT2D eigenvalue weighted by Crippen LogP contribution is -2.51. The van der Waals surface area contributed by atoms with Gasteiger partial charge in [-0.3, -0.25) is 4.79 Å². The molecule has 0 unspecified atom stereocenters. The van der Waals surface area contributed by atoms with E-state index < -0.39 is 27.3 Å². The van der Waals surface area contributed by atoms with Crippen molar-refractivity contribution in [3.05, 3.63) is 69.7 Å². The summed E-state index contributed by atoms with van der Waals surface area (Å²) >= 11 is 12.5. The largest absolute Gasteiger partial charge is 0.355 e. The van der Waals surface area contributed by atoms with E-state index in [0.29, 0.717) is 16.5 Å². The highest BCUT2D eigenvalue weighted by Gasteiger charge is 2.56. The summed E-state index contributed by atoms with van der Waals surface area (Å²) < 4.78 is 23.0. The predicted octanol–water partition coefficient (Wildman–Crippen LogP) is 4.26. The molecule has 0 spiro atoms. The highest BCUT2D eigenvalue weighted by Crippen LogP contribution is 2.48. The van der Waals surface area contributed by atoms with Crippen LogP contribution in [0.1, 0.15) is 50.7 Å². The molecule has 2 aromatic carbocycles. The molecule has 1 saturated heterocycles. The van der Waals surface area contributed by atoms with Gasteiger partial charge in [0.25, 0.3) is 0 Å². The average Bonchev–Trinajstić information content (AvgIpc) is 3.02. The Balaban J connectivity index is 2.04. The van der Waals surface area contributed by atoms with Crippen LogP contribution in [0.15, 0.2) is 48.5 Å². The smallest absolute Gasteiger partial charge is 0.237 e. The molecule has 4 N–H and O–H groups in total. The fraction of sp³-hybridized carbons (Fsp3) is 0.500. The normalized spacial score (nSPS) is 24.9. The predicted molar refractivity (Wildman–Crippen MR) is 144 cm³/mol. The number of halogens is 2. The molecule has 0 aliphatic carbocycles. The zero-order valence-corrected chi connectivity index (χ0v) is 23.0. The maximum absolute atomic E-state index is 13.5. The molecule has 3 rings (SSSR count). The minimum absolute atomic E-state index is 0.0152. The van der Waals surface area contributed by atoms with E-state index in [2.05, 4.69) is 31.4 Å². The third-order valence-electron chi connectivity index (χ3n) is 6.45. The summed E-state index contributed by atoms with van der Waals surface area (Å²) in [4.78, 5) is 13.5. The fourth-order valence-electron chi connectivity index (χ4n) is 4.95. The Labute approximate surface area is 218 Å². The zero-order chi connectivity index (χ0) is 26.0. The van der Waals surface area contributed by atoms with E-state index in [-0.39, 0.29) is 29.7 Å². The molecule has 1 aliphatic rings. The number of rotatable bonds is 8. The number of sulfone groups is 1. The Morgan fingerprint density at radius 2 is 1.77 bits per heavy atom. The Bertz CT molecular complexity index is 1150. The topological polar surface area (TPSA) is 101 Å². The van der Waals surface area contributed by atoms with Crippen LogP contribution in [0.2, 0.25) is 10.0 Å². The molecule has 1 heterocycles. The Morgan fingerprint density at radius 1 is 1.11 bits per heavy atom. The Kier molecular flexibility index (Phi) is 8.60. The van der Waals surface area contributed by atoms with Gasteiger partial charge in [-0.25, -0.2) is 8.42 Å². The molecule has 0 bridgehead atoms. The van der Waals surface area contributed by atoms with Crippen molar-refractivity contribution in [3.8, 4) is 0 Å². The molecule has 1 aliphatic heterocycles. The second-order valence-corrected chi connectivity index (χ2v) is 13.8. The second kappa shape index (κ2) is 10.8. The Hall–Kier alpha value is -1.64. The summed E-state index contributed by atoms with van der Waals surface area (Å²) in [5.41, 5.74) is 8.08. The van der Waals surface area contributed by atoms with Crippen LogP contribution < -0.4 is 16.4 Å². The number of benzene rings is 2. The molecule has 0 saturated carbocycles. The lowest BCUT2D eigenvalue weighted by Gasteiger charge is -2.39. The van der Waals surface area contributed by atoms with Gasteiger partial charge in [-0.15, -0.1) is 0 Å². The molecule has 2 aromatic rings. The molecule has 0 aromatic heterocycles. The molecular weight excluding hydrogens is 505 g/mol. The van der Waals surface area contributed by atoms with Gasteiger partial charge in [0.15, 0.2) is 0 Å². The van der Waals surface area contributed by atoms with Gasteiger partial charge in [0, 0.05) is 34.8 Å². The van der Waals surface area contributed by atoms with Gasteiger partial charge < -0.3 is 16.4 Å². The molecule has 0 radical (unpaired) electrons. The van der Waals surface area contributed by atoms with Gasteiger partial charge in [0.05, 0.1) is 17.3 Å². The first kappa shape index (κ1) is 27.9. The summed E-state index contributed by atoms with van der Waals surface area (Å²) in [6.07, 6.45) is 2.26. The van der Waals surface area contributed by atoms with E-state index in [1.54, 1.807) is 6.07 Å². The molecular formula is C26H35Cl2N3O3S. The molecule has 1 fully saturated rings. The number of amides is 1. The first-order valence-corrected chi connectivity index (χ1v) is 14.5. The van der Waals surface area contributed by atoms with E-state index in [0.717, 1.165) is 17.5 Å². The van der Waals surface area contributed by atoms with Crippen molar-refractivity contribution in [1.82, 2.24) is 10.6 Å². The van der Waals surface area contributed by atoms with E-state index in [4.69, 9.17) is 28.9 Å². The number of carbonyl (C=O) groups excluding carboxylic acids is 1. The molecule has 4 atom stereocenters. The summed E-state index contributed by atoms with van der Waals surface area (Å²) in [6.45, 7) is 6.69. The zero-order valence-electron chi connectivity index (χ0n) is 20.6. The van der Waals surface area contributed by atoms with Gasteiger partial charge in [0.2, 0.25) is 5.91 Å². The quantitative estimate of drug-likeness (QED) is 0.435. The molecule has 35 heavy (non-hydrogen) atoms. The van der Waals surface area contributed by atoms with Crippen LogP contribution in [0.3, 0.4) is 0 Å². The number of nitrogens with two attached hydrogens (primary N) is 1. The highest BCUT2D eigenvalue weighted by molar-refractivity contribution is 7.90. The summed E-state index contributed by atoms with van der Waals surface area (Å²) in [7, 11) is -3.10. The minimum atomic E-state index is -3.10. The average molecular weight is 541 g/mol. The number of hydrogen-bond acceptors (Lipinski definition) is 5. The minimum Gasteiger partial charge on any atom is -0.355 e. The first-order valence-electron chi connectivity index (χ1n) is 11.7. The lowest BCUT2D eigenvalue weighted by atomic mass is 9.68. The second-order valence-electron chi connectivity index (χ2n) is 10.7. The number of hydrogen-bond donors (Lipinski definition) is 3. The van der Waals surface area contributed by atoms with E-state index >= 15 is 0 Å². The van der Waals surface area contributed by atoms with Crippen LogP contribution in [0.25, 0.3) is 0 Å². The third kappa shape index (κ3) is 6.98. The number of carbonyl (C=O) groups is 1. The SMILES string of the molecule is CC(C)(C)C[C@@H]1N[C@@H](C(=O)NCCCS(C)(=O)=O)[C@H](c2cccc(Cl)c2)[C@@]1(N)c1ccc(Cl)cc1. The standard InChI is InChI=1S/C26H35Cl2N3O3S/c1-25(2,3)16-21-26(29,18-9-11-19(27)12-10-18)22(17-7-5-8-20(28)15-17)23(31-21)24(32)30-13-6-14-35(4,33)34/h5,7-12,15,21-23,31H,6,13-14,16,29H2,1-4H3,(H,30,32)/t21-,22-,23+,26+/m0/s1. The highest BCUT2D eigenvalue weighted by atomic mass is 35.5. The maximum atomic E-state index is 13.5. The maximum Gasteiger partial charge on any atom is 0.237 e. The Morgan fingerprint density at radius 3 is 2.34 bits per heavy atom. The molecule has 9 heteroatoms. The monoisotopic (exact) mass is 539 g/mol. The van der Waals surface area contributed by atoms with Gasteiger partial charge in [-0.2, -0.15) is 0 Å². The third-order valence-corrected chi connectivity index (χ3v) is 7.96. The van der Waals surface area contributed by atoms with Crippen LogP contribution >= 0.6 is 23.2 Å². The van der Waals surface area contributed by atoms with Crippen molar-refractivity contribution in [3.63, 3.8) is 0 Å². The van der Waals surface area contributed by atoms with Crippen molar-refractivity contribution in [1.29, 1.82) is 0 Å². The van der Waals surface area contributed by atoms with Crippen molar-refractivity contribution >= 4 is 38.9 Å². The van der Waals surface area contributed by atoms with E-state index in [1.807, 2.05) is 42.5 Å². The van der Waals surface area contributed by atoms with Crippen LogP contribution in [-0.4, -0.2) is 45.0 Å². The van der Waals surface area contributed by atoms with Crippen LogP contribution in [0.4, 0.5) is 0 Å². The molecule has 1 amide bonds. The molecule has 6 nitrogen and oxygen atoms in total. The van der Waals surface area contributed by atoms with Gasteiger partial charge >= 0.3 is 0 Å². The summed E-state index contributed by atoms with van der Waals surface area (Å²) in [5.74, 6) is -0.630. The summed E-state index contributed by atoms with van der Waals surface area (Å²) in [6, 6.07) is 14.1. The van der Waals surface area contributed by atoms with E-state index in [9.17, 15) is 13.2 Å². The molecule has 192 valence electrons.